The second kappa shape index (κ2) is 5.98. The summed E-state index contributed by atoms with van der Waals surface area (Å²) in [6.07, 6.45) is 2.10. The Morgan fingerprint density at radius 3 is 2.96 bits per heavy atom. The molecule has 0 saturated carbocycles. The summed E-state index contributed by atoms with van der Waals surface area (Å²) < 4.78 is 7.68. The molecule has 0 radical (unpaired) electrons. The fourth-order valence-corrected chi connectivity index (χ4v) is 2.65. The highest BCUT2D eigenvalue weighted by molar-refractivity contribution is 5.82. The number of aliphatic hydroxyl groups excluding tert-OH is 1. The van der Waals surface area contributed by atoms with E-state index in [-0.39, 0.29) is 6.10 Å². The summed E-state index contributed by atoms with van der Waals surface area (Å²) in [5.41, 5.74) is 2.40. The predicted octanol–water partition coefficient (Wildman–Crippen LogP) is 3.33. The Kier molecular flexibility index (Phi) is 3.66. The van der Waals surface area contributed by atoms with Gasteiger partial charge in [0.2, 0.25) is 0 Å². The molecular formula is C18H18N4O2. The topological polar surface area (TPSA) is 75.6 Å². The van der Waals surface area contributed by atoms with Crippen LogP contribution in [-0.4, -0.2) is 32.4 Å². The molecule has 1 atom stereocenters. The summed E-state index contributed by atoms with van der Waals surface area (Å²) >= 11 is 0. The van der Waals surface area contributed by atoms with Crippen LogP contribution in [0.5, 0.6) is 0 Å². The van der Waals surface area contributed by atoms with E-state index in [1.807, 2.05) is 42.5 Å². The lowest BCUT2D eigenvalue weighted by Crippen LogP contribution is -2.11. The first kappa shape index (κ1) is 14.7. The van der Waals surface area contributed by atoms with E-state index in [0.717, 1.165) is 33.9 Å². The minimum absolute atomic E-state index is 0.333. The maximum Gasteiger partial charge on any atom is 0.155 e. The number of nitrogens with zero attached hydrogens (tertiary/aromatic N) is 3. The average Bonchev–Trinajstić information content (AvgIpc) is 3.17. The summed E-state index contributed by atoms with van der Waals surface area (Å²) in [6, 6.07) is 13.7. The molecule has 0 saturated heterocycles. The van der Waals surface area contributed by atoms with Crippen molar-refractivity contribution in [2.24, 2.45) is 0 Å². The van der Waals surface area contributed by atoms with Gasteiger partial charge in [0.15, 0.2) is 11.4 Å². The monoisotopic (exact) mass is 322 g/mol. The van der Waals surface area contributed by atoms with Crippen LogP contribution in [0.25, 0.3) is 28.1 Å². The van der Waals surface area contributed by atoms with E-state index >= 15 is 0 Å². The smallest absolute Gasteiger partial charge is 0.155 e. The molecule has 3 heterocycles. The third-order valence-electron chi connectivity index (χ3n) is 3.91. The first-order valence-electron chi connectivity index (χ1n) is 7.96. The third kappa shape index (κ3) is 2.72. The molecule has 2 N–H and O–H groups in total. The van der Waals surface area contributed by atoms with Crippen molar-refractivity contribution in [1.82, 2.24) is 14.6 Å². The fraction of sp³-hybridized carbons (Fsp3) is 0.222. The number of rotatable bonds is 5. The van der Waals surface area contributed by atoms with Crippen LogP contribution in [0.1, 0.15) is 13.3 Å². The number of hydrogen-bond acceptors (Lipinski definition) is 5. The van der Waals surface area contributed by atoms with Crippen LogP contribution >= 0.6 is 0 Å². The number of para-hydroxylation sites is 1. The van der Waals surface area contributed by atoms with Crippen LogP contribution in [0.4, 0.5) is 5.82 Å². The van der Waals surface area contributed by atoms with Gasteiger partial charge in [0, 0.05) is 11.9 Å². The molecule has 0 aliphatic rings. The molecule has 0 bridgehead atoms. The summed E-state index contributed by atoms with van der Waals surface area (Å²) in [5.74, 6) is 1.47. The number of furan rings is 1. The number of imidazole rings is 1. The van der Waals surface area contributed by atoms with Gasteiger partial charge in [-0.2, -0.15) is 0 Å². The zero-order valence-corrected chi connectivity index (χ0v) is 13.3. The lowest BCUT2D eigenvalue weighted by atomic mass is 10.2. The van der Waals surface area contributed by atoms with Crippen LogP contribution in [-0.2, 0) is 0 Å². The number of aliphatic hydroxyl groups is 1. The second-order valence-corrected chi connectivity index (χ2v) is 5.84. The van der Waals surface area contributed by atoms with Crippen molar-refractivity contribution in [3.8, 4) is 11.5 Å². The molecule has 0 aliphatic heterocycles. The second-order valence-electron chi connectivity index (χ2n) is 5.84. The third-order valence-corrected chi connectivity index (χ3v) is 3.91. The zero-order chi connectivity index (χ0) is 16.5. The highest BCUT2D eigenvalue weighted by Crippen LogP contribution is 2.28. The predicted molar refractivity (Wildman–Crippen MR) is 93.0 cm³/mol. The van der Waals surface area contributed by atoms with Crippen molar-refractivity contribution in [1.29, 1.82) is 0 Å². The Morgan fingerprint density at radius 1 is 1.25 bits per heavy atom. The maximum atomic E-state index is 9.34. The van der Waals surface area contributed by atoms with Crippen LogP contribution in [0.2, 0.25) is 0 Å². The van der Waals surface area contributed by atoms with Gasteiger partial charge >= 0.3 is 0 Å². The molecule has 3 aromatic heterocycles. The highest BCUT2D eigenvalue weighted by Gasteiger charge is 2.12. The van der Waals surface area contributed by atoms with E-state index in [0.29, 0.717) is 13.0 Å². The van der Waals surface area contributed by atoms with Gasteiger partial charge in [-0.3, -0.25) is 0 Å². The Balaban J connectivity index is 1.70. The van der Waals surface area contributed by atoms with E-state index in [1.165, 1.54) is 0 Å². The van der Waals surface area contributed by atoms with Crippen LogP contribution < -0.4 is 5.32 Å². The quantitative estimate of drug-likeness (QED) is 0.589. The lowest BCUT2D eigenvalue weighted by molar-refractivity contribution is 0.188. The average molecular weight is 322 g/mol. The molecule has 24 heavy (non-hydrogen) atoms. The molecule has 0 aliphatic carbocycles. The van der Waals surface area contributed by atoms with Crippen LogP contribution in [0.3, 0.4) is 0 Å². The highest BCUT2D eigenvalue weighted by atomic mass is 16.3. The van der Waals surface area contributed by atoms with Gasteiger partial charge in [0.05, 0.1) is 12.3 Å². The molecule has 0 spiro atoms. The van der Waals surface area contributed by atoms with Crippen molar-refractivity contribution in [3.05, 3.63) is 48.7 Å². The Labute approximate surface area is 138 Å². The largest absolute Gasteiger partial charge is 0.454 e. The molecule has 0 fully saturated rings. The fourth-order valence-electron chi connectivity index (χ4n) is 2.65. The number of benzene rings is 1. The number of hydrogen-bond donors (Lipinski definition) is 2. The summed E-state index contributed by atoms with van der Waals surface area (Å²) in [7, 11) is 0. The van der Waals surface area contributed by atoms with Gasteiger partial charge in [-0.1, -0.05) is 18.2 Å². The Bertz CT molecular complexity index is 954. The van der Waals surface area contributed by atoms with Crippen molar-refractivity contribution in [2.45, 2.75) is 19.4 Å². The van der Waals surface area contributed by atoms with E-state index in [1.54, 1.807) is 17.6 Å². The Morgan fingerprint density at radius 2 is 2.12 bits per heavy atom. The molecule has 0 amide bonds. The molecule has 4 aromatic rings. The van der Waals surface area contributed by atoms with E-state index in [9.17, 15) is 5.11 Å². The van der Waals surface area contributed by atoms with Crippen molar-refractivity contribution < 1.29 is 9.52 Å². The van der Waals surface area contributed by atoms with E-state index in [2.05, 4.69) is 15.4 Å². The van der Waals surface area contributed by atoms with Crippen LogP contribution in [0.15, 0.2) is 53.1 Å². The normalized spacial score (nSPS) is 12.8. The number of fused-ring (bicyclic) bond motifs is 2. The molecule has 1 aromatic carbocycles. The summed E-state index contributed by atoms with van der Waals surface area (Å²) in [4.78, 5) is 4.39. The summed E-state index contributed by atoms with van der Waals surface area (Å²) in [6.45, 7) is 2.43. The first-order chi connectivity index (χ1) is 11.7. The number of anilines is 1. The van der Waals surface area contributed by atoms with Crippen molar-refractivity contribution >= 4 is 22.4 Å². The standard InChI is InChI=1S/C18H18N4O2/c1-12(23)8-9-19-17-6-7-18-20-11-14(22(18)21-17)16-10-13-4-2-3-5-15(13)24-16/h2-7,10-12,23H,8-9H2,1H3,(H,19,21). The molecular weight excluding hydrogens is 304 g/mol. The van der Waals surface area contributed by atoms with Gasteiger partial charge < -0.3 is 14.8 Å². The lowest BCUT2D eigenvalue weighted by Gasteiger charge is -2.07. The van der Waals surface area contributed by atoms with E-state index < -0.39 is 0 Å². The van der Waals surface area contributed by atoms with Gasteiger partial charge in [-0.15, -0.1) is 5.10 Å². The van der Waals surface area contributed by atoms with Gasteiger partial charge in [0.1, 0.15) is 17.1 Å². The maximum absolute atomic E-state index is 9.34. The summed E-state index contributed by atoms with van der Waals surface area (Å²) in [5, 5.41) is 18.2. The zero-order valence-electron chi connectivity index (χ0n) is 13.3. The van der Waals surface area contributed by atoms with E-state index in [4.69, 9.17) is 4.42 Å². The van der Waals surface area contributed by atoms with Crippen molar-refractivity contribution in [3.63, 3.8) is 0 Å². The molecule has 6 nitrogen and oxygen atoms in total. The van der Waals surface area contributed by atoms with Crippen molar-refractivity contribution in [2.75, 3.05) is 11.9 Å². The Hall–Kier alpha value is -2.86. The molecule has 1 unspecified atom stereocenters. The minimum atomic E-state index is -0.333. The number of aromatic nitrogens is 3. The SMILES string of the molecule is CC(O)CCNc1ccc2ncc(-c3cc4ccccc4o3)n2n1. The first-order valence-corrected chi connectivity index (χ1v) is 7.96. The molecule has 4 rings (SSSR count). The molecule has 6 heteroatoms. The number of nitrogens with one attached hydrogen (secondary N) is 1. The minimum Gasteiger partial charge on any atom is -0.454 e. The van der Waals surface area contributed by atoms with Crippen LogP contribution in [0, 0.1) is 0 Å². The molecule has 122 valence electrons. The van der Waals surface area contributed by atoms with Gasteiger partial charge in [0.25, 0.3) is 0 Å². The van der Waals surface area contributed by atoms with Gasteiger partial charge in [-0.05, 0) is 37.6 Å². The van der Waals surface area contributed by atoms with Gasteiger partial charge in [-0.25, -0.2) is 9.50 Å².